The second kappa shape index (κ2) is 4.15. The van der Waals surface area contributed by atoms with Gasteiger partial charge in [0.2, 0.25) is 0 Å². The van der Waals surface area contributed by atoms with Gasteiger partial charge in [0.15, 0.2) is 0 Å². The smallest absolute Gasteiger partial charge is 0.129 e. The standard InChI is InChI=1S/C9H13N3S/c1-3-12(4-2)9-5-7(11)8(6-10)13-9/h5H,3-4,11H2,1-2H3. The normalized spacial score (nSPS) is 9.62. The molecule has 0 amide bonds. The third kappa shape index (κ3) is 1.93. The molecule has 0 aromatic carbocycles. The molecular formula is C9H13N3S. The van der Waals surface area contributed by atoms with Crippen LogP contribution in [-0.4, -0.2) is 13.1 Å². The van der Waals surface area contributed by atoms with Crippen molar-refractivity contribution in [3.8, 4) is 6.07 Å². The average molecular weight is 195 g/mol. The van der Waals surface area contributed by atoms with Gasteiger partial charge in [-0.05, 0) is 19.9 Å². The van der Waals surface area contributed by atoms with Crippen LogP contribution in [0.15, 0.2) is 6.07 Å². The van der Waals surface area contributed by atoms with E-state index in [2.05, 4.69) is 24.8 Å². The molecule has 1 heterocycles. The van der Waals surface area contributed by atoms with Gasteiger partial charge in [-0.15, -0.1) is 11.3 Å². The van der Waals surface area contributed by atoms with Crippen molar-refractivity contribution in [2.75, 3.05) is 23.7 Å². The first-order valence-corrected chi connectivity index (χ1v) is 5.08. The number of thiophene rings is 1. The molecule has 0 fully saturated rings. The third-order valence-corrected chi connectivity index (χ3v) is 3.04. The molecule has 2 N–H and O–H groups in total. The topological polar surface area (TPSA) is 53.0 Å². The summed E-state index contributed by atoms with van der Waals surface area (Å²) in [5.41, 5.74) is 6.25. The van der Waals surface area contributed by atoms with Crippen LogP contribution in [0.5, 0.6) is 0 Å². The van der Waals surface area contributed by atoms with Gasteiger partial charge in [0.05, 0.1) is 10.7 Å². The van der Waals surface area contributed by atoms with Crippen molar-refractivity contribution < 1.29 is 0 Å². The minimum absolute atomic E-state index is 0.592. The Morgan fingerprint density at radius 2 is 2.15 bits per heavy atom. The molecule has 0 radical (unpaired) electrons. The molecule has 0 spiro atoms. The van der Waals surface area contributed by atoms with Crippen LogP contribution >= 0.6 is 11.3 Å². The van der Waals surface area contributed by atoms with E-state index in [1.54, 1.807) is 0 Å². The fraction of sp³-hybridized carbons (Fsp3) is 0.444. The van der Waals surface area contributed by atoms with Crippen LogP contribution in [-0.2, 0) is 0 Å². The fourth-order valence-electron chi connectivity index (χ4n) is 1.17. The second-order valence-corrected chi connectivity index (χ2v) is 3.68. The molecule has 0 saturated carbocycles. The zero-order valence-electron chi connectivity index (χ0n) is 7.87. The molecule has 0 aliphatic carbocycles. The molecular weight excluding hydrogens is 182 g/mol. The number of nitriles is 1. The van der Waals surface area contributed by atoms with E-state index in [-0.39, 0.29) is 0 Å². The monoisotopic (exact) mass is 195 g/mol. The van der Waals surface area contributed by atoms with Crippen LogP contribution in [0.2, 0.25) is 0 Å². The summed E-state index contributed by atoms with van der Waals surface area (Å²) in [5.74, 6) is 0. The highest BCUT2D eigenvalue weighted by molar-refractivity contribution is 7.17. The molecule has 0 aliphatic heterocycles. The van der Waals surface area contributed by atoms with Crippen molar-refractivity contribution in [1.29, 1.82) is 5.26 Å². The Morgan fingerprint density at radius 1 is 1.54 bits per heavy atom. The first-order chi connectivity index (χ1) is 6.22. The molecule has 1 aromatic heterocycles. The predicted octanol–water partition coefficient (Wildman–Crippen LogP) is 2.05. The van der Waals surface area contributed by atoms with E-state index in [1.165, 1.54) is 11.3 Å². The molecule has 70 valence electrons. The maximum atomic E-state index is 8.72. The van der Waals surface area contributed by atoms with Gasteiger partial charge in [-0.25, -0.2) is 0 Å². The highest BCUT2D eigenvalue weighted by Crippen LogP contribution is 2.31. The molecule has 1 rings (SSSR count). The highest BCUT2D eigenvalue weighted by Gasteiger charge is 2.09. The van der Waals surface area contributed by atoms with Gasteiger partial charge in [-0.1, -0.05) is 0 Å². The molecule has 13 heavy (non-hydrogen) atoms. The number of anilines is 2. The van der Waals surface area contributed by atoms with E-state index in [4.69, 9.17) is 11.0 Å². The summed E-state index contributed by atoms with van der Waals surface area (Å²) >= 11 is 1.46. The molecule has 3 nitrogen and oxygen atoms in total. The van der Waals surface area contributed by atoms with Crippen molar-refractivity contribution in [3.63, 3.8) is 0 Å². The number of nitrogens with zero attached hydrogens (tertiary/aromatic N) is 2. The Kier molecular flexibility index (Phi) is 3.15. The van der Waals surface area contributed by atoms with E-state index in [9.17, 15) is 0 Å². The molecule has 1 aromatic rings. The van der Waals surface area contributed by atoms with Crippen molar-refractivity contribution in [2.24, 2.45) is 0 Å². The molecule has 4 heteroatoms. The lowest BCUT2D eigenvalue weighted by atomic mass is 10.4. The Morgan fingerprint density at radius 3 is 2.54 bits per heavy atom. The third-order valence-electron chi connectivity index (χ3n) is 1.92. The Labute approximate surface area is 82.4 Å². The van der Waals surface area contributed by atoms with Crippen molar-refractivity contribution in [3.05, 3.63) is 10.9 Å². The van der Waals surface area contributed by atoms with Crippen LogP contribution in [0.4, 0.5) is 10.7 Å². The van der Waals surface area contributed by atoms with Gasteiger partial charge in [-0.3, -0.25) is 0 Å². The van der Waals surface area contributed by atoms with Gasteiger partial charge < -0.3 is 10.6 Å². The van der Waals surface area contributed by atoms with Crippen molar-refractivity contribution in [1.82, 2.24) is 0 Å². The minimum atomic E-state index is 0.592. The highest BCUT2D eigenvalue weighted by atomic mass is 32.1. The predicted molar refractivity (Wildman–Crippen MR) is 57.0 cm³/mol. The lowest BCUT2D eigenvalue weighted by Crippen LogP contribution is -2.20. The Bertz CT molecular complexity index is 320. The van der Waals surface area contributed by atoms with Gasteiger partial charge in [-0.2, -0.15) is 5.26 Å². The zero-order valence-corrected chi connectivity index (χ0v) is 8.69. The van der Waals surface area contributed by atoms with E-state index in [0.29, 0.717) is 10.6 Å². The van der Waals surface area contributed by atoms with Crippen LogP contribution in [0.25, 0.3) is 0 Å². The van der Waals surface area contributed by atoms with Gasteiger partial charge in [0.25, 0.3) is 0 Å². The maximum Gasteiger partial charge on any atom is 0.129 e. The lowest BCUT2D eigenvalue weighted by Gasteiger charge is -2.17. The molecule has 0 bridgehead atoms. The van der Waals surface area contributed by atoms with Crippen LogP contribution in [0, 0.1) is 11.3 Å². The number of hydrogen-bond acceptors (Lipinski definition) is 4. The number of nitrogens with two attached hydrogens (primary N) is 1. The summed E-state index contributed by atoms with van der Waals surface area (Å²) in [6.45, 7) is 6.07. The first kappa shape index (κ1) is 9.87. The van der Waals surface area contributed by atoms with Gasteiger partial charge >= 0.3 is 0 Å². The largest absolute Gasteiger partial charge is 0.397 e. The molecule has 0 aliphatic rings. The molecule has 0 unspecified atom stereocenters. The van der Waals surface area contributed by atoms with Crippen LogP contribution in [0.3, 0.4) is 0 Å². The first-order valence-electron chi connectivity index (χ1n) is 4.27. The summed E-state index contributed by atoms with van der Waals surface area (Å²) < 4.78 is 0. The van der Waals surface area contributed by atoms with Crippen molar-refractivity contribution in [2.45, 2.75) is 13.8 Å². The summed E-state index contributed by atoms with van der Waals surface area (Å²) in [6, 6.07) is 3.96. The molecule has 0 saturated heterocycles. The van der Waals surface area contributed by atoms with Crippen LogP contribution < -0.4 is 10.6 Å². The van der Waals surface area contributed by atoms with E-state index >= 15 is 0 Å². The summed E-state index contributed by atoms with van der Waals surface area (Å²) in [6.07, 6.45) is 0. The SMILES string of the molecule is CCN(CC)c1cc(N)c(C#N)s1. The van der Waals surface area contributed by atoms with E-state index < -0.39 is 0 Å². The summed E-state index contributed by atoms with van der Waals surface area (Å²) in [5, 5.41) is 9.80. The second-order valence-electron chi connectivity index (χ2n) is 2.65. The summed E-state index contributed by atoms with van der Waals surface area (Å²) in [4.78, 5) is 2.80. The molecule has 0 atom stereocenters. The number of hydrogen-bond donors (Lipinski definition) is 1. The lowest BCUT2D eigenvalue weighted by molar-refractivity contribution is 0.876. The van der Waals surface area contributed by atoms with Crippen LogP contribution in [0.1, 0.15) is 18.7 Å². The Balaban J connectivity index is 2.96. The fourth-order valence-corrected chi connectivity index (χ4v) is 2.17. The van der Waals surface area contributed by atoms with E-state index in [1.807, 2.05) is 6.07 Å². The quantitative estimate of drug-likeness (QED) is 0.803. The number of nitrogen functional groups attached to an aromatic ring is 1. The summed E-state index contributed by atoms with van der Waals surface area (Å²) in [7, 11) is 0. The Hall–Kier alpha value is -1.21. The van der Waals surface area contributed by atoms with Gasteiger partial charge in [0, 0.05) is 13.1 Å². The minimum Gasteiger partial charge on any atom is -0.397 e. The van der Waals surface area contributed by atoms with E-state index in [0.717, 1.165) is 18.1 Å². The van der Waals surface area contributed by atoms with Crippen molar-refractivity contribution >= 4 is 22.0 Å². The van der Waals surface area contributed by atoms with Gasteiger partial charge in [0.1, 0.15) is 10.9 Å². The average Bonchev–Trinajstić information content (AvgIpc) is 2.49. The number of rotatable bonds is 3. The zero-order chi connectivity index (χ0) is 9.84. The maximum absolute atomic E-state index is 8.72.